The van der Waals surface area contributed by atoms with E-state index >= 15 is 0 Å². The molecule has 176 valence electrons. The summed E-state index contributed by atoms with van der Waals surface area (Å²) in [5, 5.41) is 0. The molecule has 0 unspecified atom stereocenters. The number of anilines is 1. The van der Waals surface area contributed by atoms with Crippen molar-refractivity contribution in [2.45, 2.75) is 73.0 Å². The van der Waals surface area contributed by atoms with E-state index in [-0.39, 0.29) is 12.4 Å². The predicted molar refractivity (Wildman–Crippen MR) is 126 cm³/mol. The van der Waals surface area contributed by atoms with Crippen LogP contribution in [0.1, 0.15) is 59.2 Å². The van der Waals surface area contributed by atoms with Gasteiger partial charge in [0.05, 0.1) is 11.0 Å². The average Bonchev–Trinajstić information content (AvgIpc) is 2.63. The highest BCUT2D eigenvalue weighted by atomic mass is 79.9. The van der Waals surface area contributed by atoms with Gasteiger partial charge in [0.1, 0.15) is 11.2 Å². The van der Waals surface area contributed by atoms with Crippen LogP contribution in [0.25, 0.3) is 0 Å². The van der Waals surface area contributed by atoms with Crippen LogP contribution in [0.2, 0.25) is 0 Å². The topological polar surface area (TPSA) is 89.0 Å². The van der Waals surface area contributed by atoms with E-state index in [1.165, 1.54) is 4.90 Å². The van der Waals surface area contributed by atoms with Crippen molar-refractivity contribution in [3.05, 3.63) is 33.4 Å². The standard InChI is InChI=1S/C23H32BrN3O5/c1-14-12-17(24)18(25-15(14)2)27(21(30)32-23(6,7)8)19(28)16-10-9-11-26(13-16)20(29)31-22(3,4)5/h10,12H,9,11,13H2,1-8H3. The molecule has 32 heavy (non-hydrogen) atoms. The smallest absolute Gasteiger partial charge is 0.423 e. The van der Waals surface area contributed by atoms with E-state index < -0.39 is 29.3 Å². The van der Waals surface area contributed by atoms with E-state index in [9.17, 15) is 14.4 Å². The minimum absolute atomic E-state index is 0.0233. The first kappa shape index (κ1) is 25.8. The lowest BCUT2D eigenvalue weighted by molar-refractivity contribution is -0.115. The third kappa shape index (κ3) is 6.79. The van der Waals surface area contributed by atoms with E-state index in [2.05, 4.69) is 20.9 Å². The number of halogens is 1. The third-order valence-electron chi connectivity index (χ3n) is 4.47. The van der Waals surface area contributed by atoms with Gasteiger partial charge in [-0.15, -0.1) is 0 Å². The number of hydrogen-bond acceptors (Lipinski definition) is 6. The van der Waals surface area contributed by atoms with Crippen LogP contribution < -0.4 is 4.90 Å². The summed E-state index contributed by atoms with van der Waals surface area (Å²) < 4.78 is 11.4. The molecule has 0 atom stereocenters. The zero-order valence-corrected chi connectivity index (χ0v) is 21.6. The Kier molecular flexibility index (Phi) is 7.75. The fourth-order valence-corrected chi connectivity index (χ4v) is 3.52. The summed E-state index contributed by atoms with van der Waals surface area (Å²) in [7, 11) is 0. The molecule has 0 fully saturated rings. The van der Waals surface area contributed by atoms with Gasteiger partial charge in [0, 0.05) is 17.8 Å². The fourth-order valence-electron chi connectivity index (χ4n) is 2.91. The maximum absolute atomic E-state index is 13.5. The first-order chi connectivity index (χ1) is 14.6. The van der Waals surface area contributed by atoms with Crippen LogP contribution in [0.5, 0.6) is 0 Å². The maximum Gasteiger partial charge on any atom is 0.423 e. The Labute approximate surface area is 198 Å². The molecule has 1 aromatic rings. The fraction of sp³-hybridized carbons (Fsp3) is 0.565. The van der Waals surface area contributed by atoms with Crippen LogP contribution in [0.3, 0.4) is 0 Å². The summed E-state index contributed by atoms with van der Waals surface area (Å²) in [6.45, 7) is 14.6. The number of nitrogens with zero attached hydrogens (tertiary/aromatic N) is 3. The number of carbonyl (C=O) groups excluding carboxylic acids is 3. The van der Waals surface area contributed by atoms with Gasteiger partial charge < -0.3 is 14.4 Å². The highest BCUT2D eigenvalue weighted by molar-refractivity contribution is 9.10. The Bertz CT molecular complexity index is 944. The Morgan fingerprint density at radius 2 is 1.66 bits per heavy atom. The summed E-state index contributed by atoms with van der Waals surface area (Å²) in [6.07, 6.45) is 0.846. The molecule has 0 bridgehead atoms. The summed E-state index contributed by atoms with van der Waals surface area (Å²) >= 11 is 3.42. The van der Waals surface area contributed by atoms with Crippen LogP contribution in [0.4, 0.5) is 15.4 Å². The summed E-state index contributed by atoms with van der Waals surface area (Å²) in [4.78, 5) is 46.0. The van der Waals surface area contributed by atoms with Gasteiger partial charge in [0.25, 0.3) is 5.91 Å². The lowest BCUT2D eigenvalue weighted by atomic mass is 10.1. The van der Waals surface area contributed by atoms with Crippen LogP contribution in [-0.4, -0.2) is 52.3 Å². The average molecular weight is 510 g/mol. The Balaban J connectivity index is 2.40. The van der Waals surface area contributed by atoms with Gasteiger partial charge in [0.2, 0.25) is 0 Å². The molecule has 1 aliphatic rings. The SMILES string of the molecule is Cc1cc(Br)c(N(C(=O)OC(C)(C)C)C(=O)C2=CCCN(C(=O)OC(C)(C)C)C2)nc1C. The number of pyridine rings is 1. The van der Waals surface area contributed by atoms with Gasteiger partial charge in [-0.1, -0.05) is 6.08 Å². The quantitative estimate of drug-likeness (QED) is 0.537. The molecule has 0 aliphatic carbocycles. The third-order valence-corrected chi connectivity index (χ3v) is 5.05. The van der Waals surface area contributed by atoms with Gasteiger partial charge >= 0.3 is 12.2 Å². The zero-order chi connectivity index (χ0) is 24.4. The molecule has 0 saturated heterocycles. The van der Waals surface area contributed by atoms with Crippen molar-refractivity contribution in [2.24, 2.45) is 0 Å². The molecule has 0 radical (unpaired) electrons. The Morgan fingerprint density at radius 1 is 1.06 bits per heavy atom. The van der Waals surface area contributed by atoms with Gasteiger partial charge in [-0.3, -0.25) is 4.79 Å². The molecular weight excluding hydrogens is 478 g/mol. The Morgan fingerprint density at radius 3 is 2.22 bits per heavy atom. The van der Waals surface area contributed by atoms with Crippen LogP contribution in [-0.2, 0) is 14.3 Å². The van der Waals surface area contributed by atoms with Crippen molar-refractivity contribution in [3.8, 4) is 0 Å². The molecule has 3 amide bonds. The molecule has 0 saturated carbocycles. The number of hydrogen-bond donors (Lipinski definition) is 0. The van der Waals surface area contributed by atoms with Gasteiger partial charge in [-0.25, -0.2) is 14.6 Å². The van der Waals surface area contributed by atoms with E-state index in [1.807, 2.05) is 6.92 Å². The molecule has 1 aromatic heterocycles. The van der Waals surface area contributed by atoms with Crippen LogP contribution in [0, 0.1) is 13.8 Å². The van der Waals surface area contributed by atoms with Crippen molar-refractivity contribution < 1.29 is 23.9 Å². The summed E-state index contributed by atoms with van der Waals surface area (Å²) in [5.74, 6) is -0.452. The summed E-state index contributed by atoms with van der Waals surface area (Å²) in [5.41, 5.74) is 0.410. The minimum atomic E-state index is -0.839. The molecule has 9 heteroatoms. The van der Waals surface area contributed by atoms with Crippen molar-refractivity contribution in [3.63, 3.8) is 0 Å². The molecule has 1 aliphatic heterocycles. The monoisotopic (exact) mass is 509 g/mol. The van der Waals surface area contributed by atoms with E-state index in [1.54, 1.807) is 60.6 Å². The molecule has 0 spiro atoms. The second-order valence-electron chi connectivity index (χ2n) is 9.74. The number of imide groups is 1. The van der Waals surface area contributed by atoms with E-state index in [4.69, 9.17) is 9.47 Å². The van der Waals surface area contributed by atoms with Crippen molar-refractivity contribution >= 4 is 39.8 Å². The number of ether oxygens (including phenoxy) is 2. The van der Waals surface area contributed by atoms with Crippen LogP contribution >= 0.6 is 15.9 Å². The molecular formula is C23H32BrN3O5. The molecule has 8 nitrogen and oxygen atoms in total. The van der Waals surface area contributed by atoms with Crippen molar-refractivity contribution in [1.29, 1.82) is 0 Å². The highest BCUT2D eigenvalue weighted by Crippen LogP contribution is 2.30. The largest absolute Gasteiger partial charge is 0.444 e. The molecule has 2 rings (SSSR count). The second kappa shape index (κ2) is 9.60. The first-order valence-electron chi connectivity index (χ1n) is 10.5. The lowest BCUT2D eigenvalue weighted by Gasteiger charge is -2.32. The number of aromatic nitrogens is 1. The van der Waals surface area contributed by atoms with E-state index in [0.717, 1.165) is 10.5 Å². The predicted octanol–water partition coefficient (Wildman–Crippen LogP) is 5.30. The summed E-state index contributed by atoms with van der Waals surface area (Å²) in [6, 6.07) is 1.80. The number of aryl methyl sites for hydroxylation is 2. The van der Waals surface area contributed by atoms with Gasteiger partial charge in [0.15, 0.2) is 5.82 Å². The van der Waals surface area contributed by atoms with Crippen molar-refractivity contribution in [1.82, 2.24) is 9.88 Å². The number of carbonyl (C=O) groups is 3. The van der Waals surface area contributed by atoms with Crippen LogP contribution in [0.15, 0.2) is 22.2 Å². The normalized spacial score (nSPS) is 14.5. The van der Waals surface area contributed by atoms with E-state index in [0.29, 0.717) is 28.7 Å². The van der Waals surface area contributed by atoms with Gasteiger partial charge in [-0.2, -0.15) is 4.90 Å². The zero-order valence-electron chi connectivity index (χ0n) is 20.0. The molecule has 0 aromatic carbocycles. The molecule has 2 heterocycles. The maximum atomic E-state index is 13.5. The second-order valence-corrected chi connectivity index (χ2v) is 10.6. The van der Waals surface area contributed by atoms with Gasteiger partial charge in [-0.05, 0) is 89.4 Å². The number of rotatable bonds is 2. The Hall–Kier alpha value is -2.42. The molecule has 0 N–H and O–H groups in total. The first-order valence-corrected chi connectivity index (χ1v) is 11.3. The van der Waals surface area contributed by atoms with Crippen molar-refractivity contribution in [2.75, 3.05) is 18.0 Å². The number of amides is 3. The lowest BCUT2D eigenvalue weighted by Crippen LogP contribution is -2.46. The highest BCUT2D eigenvalue weighted by Gasteiger charge is 2.35. The minimum Gasteiger partial charge on any atom is -0.444 e.